The van der Waals surface area contributed by atoms with Crippen LogP contribution < -0.4 is 15.7 Å². The molecule has 10 aromatic rings. The normalized spacial score (nSPS) is 13.9. The molecule has 0 fully saturated rings. The third-order valence-electron chi connectivity index (χ3n) is 12.5. The Kier molecular flexibility index (Phi) is 6.02. The molecule has 12 rings (SSSR count). The minimum Gasteiger partial charge on any atom is -0.456 e. The predicted molar refractivity (Wildman–Crippen MR) is 237 cm³/mol. The van der Waals surface area contributed by atoms with E-state index in [-0.39, 0.29) is 17.7 Å². The van der Waals surface area contributed by atoms with Crippen LogP contribution in [0.25, 0.3) is 80.7 Å². The van der Waals surface area contributed by atoms with Gasteiger partial charge in [0.05, 0.1) is 11.0 Å². The number of anilines is 2. The molecular formula is C50H39BN2OS. The zero-order valence-electron chi connectivity index (χ0n) is 31.9. The molecule has 0 unspecified atom stereocenters. The first-order valence-electron chi connectivity index (χ1n) is 19.5. The number of thiophene rings is 1. The molecule has 55 heavy (non-hydrogen) atoms. The molecule has 0 atom stereocenters. The van der Waals surface area contributed by atoms with E-state index in [1.165, 1.54) is 97.6 Å². The van der Waals surface area contributed by atoms with Crippen molar-refractivity contribution >= 4 is 104 Å². The summed E-state index contributed by atoms with van der Waals surface area (Å²) in [6.45, 7) is 13.9. The molecule has 7 aromatic carbocycles. The van der Waals surface area contributed by atoms with E-state index in [0.717, 1.165) is 16.6 Å². The van der Waals surface area contributed by atoms with Gasteiger partial charge in [0, 0.05) is 64.3 Å². The number of rotatable bonds is 1. The van der Waals surface area contributed by atoms with Gasteiger partial charge in [0.1, 0.15) is 11.2 Å². The second-order valence-corrected chi connectivity index (χ2v) is 18.8. The van der Waals surface area contributed by atoms with E-state index in [0.29, 0.717) is 0 Å². The number of nitrogens with zero attached hydrogens (tertiary/aromatic N) is 2. The van der Waals surface area contributed by atoms with Crippen molar-refractivity contribution in [1.29, 1.82) is 0 Å². The number of fused-ring (bicyclic) bond motifs is 15. The van der Waals surface area contributed by atoms with Gasteiger partial charge in [-0.3, -0.25) is 0 Å². The highest BCUT2D eigenvalue weighted by Crippen LogP contribution is 2.50. The molecule has 0 saturated carbocycles. The number of aromatic nitrogens is 1. The van der Waals surface area contributed by atoms with E-state index in [2.05, 4.69) is 178 Å². The topological polar surface area (TPSA) is 21.3 Å². The maximum Gasteiger partial charge on any atom is 0.333 e. The van der Waals surface area contributed by atoms with Crippen LogP contribution in [0, 0.1) is 0 Å². The molecule has 3 aromatic heterocycles. The molecule has 5 heteroatoms. The first-order chi connectivity index (χ1) is 26.5. The second-order valence-electron chi connectivity index (χ2n) is 17.7. The minimum atomic E-state index is -0.0378. The average molecular weight is 727 g/mol. The van der Waals surface area contributed by atoms with Crippen LogP contribution in [0.3, 0.4) is 0 Å². The van der Waals surface area contributed by atoms with Crippen molar-refractivity contribution in [2.24, 2.45) is 0 Å². The Morgan fingerprint density at radius 2 is 1.29 bits per heavy atom. The van der Waals surface area contributed by atoms with Crippen LogP contribution >= 0.6 is 11.3 Å². The molecule has 0 aliphatic carbocycles. The smallest absolute Gasteiger partial charge is 0.333 e. The Hall–Kier alpha value is -5.78. The minimum absolute atomic E-state index is 0.0141. The first-order valence-corrected chi connectivity index (χ1v) is 20.3. The zero-order valence-corrected chi connectivity index (χ0v) is 32.7. The van der Waals surface area contributed by atoms with E-state index >= 15 is 0 Å². The van der Waals surface area contributed by atoms with Crippen LogP contribution in [0.15, 0.2) is 132 Å². The van der Waals surface area contributed by atoms with Gasteiger partial charge in [0.2, 0.25) is 0 Å². The van der Waals surface area contributed by atoms with Crippen LogP contribution in [0.5, 0.6) is 0 Å². The van der Waals surface area contributed by atoms with Crippen LogP contribution in [-0.4, -0.2) is 11.4 Å². The number of hydrogen-bond donors (Lipinski definition) is 0. The van der Waals surface area contributed by atoms with Crippen molar-refractivity contribution in [2.75, 3.05) is 4.81 Å². The summed E-state index contributed by atoms with van der Waals surface area (Å²) in [6, 6.07) is 48.3. The lowest BCUT2D eigenvalue weighted by Crippen LogP contribution is -2.60. The van der Waals surface area contributed by atoms with Crippen LogP contribution in [0.1, 0.15) is 52.7 Å². The fourth-order valence-electron chi connectivity index (χ4n) is 9.79. The van der Waals surface area contributed by atoms with E-state index in [9.17, 15) is 0 Å². The van der Waals surface area contributed by atoms with Gasteiger partial charge in [0.15, 0.2) is 0 Å². The Bertz CT molecular complexity index is 3290. The Labute approximate surface area is 324 Å². The summed E-state index contributed by atoms with van der Waals surface area (Å²) in [4.78, 5) is 2.67. The summed E-state index contributed by atoms with van der Waals surface area (Å²) in [5, 5.41) is 7.54. The molecule has 0 bridgehead atoms. The number of furan rings is 1. The number of para-hydroxylation sites is 1. The molecule has 0 amide bonds. The summed E-state index contributed by atoms with van der Waals surface area (Å²) in [5.74, 6) is 0. The summed E-state index contributed by atoms with van der Waals surface area (Å²) in [7, 11) is 0. The SMILES string of the molecule is CC(C)(C)c1ccc(N2B3c4cc(C(C)(C)C)ccc4-n4c5ccc6oc7ccccc7c6c5c5ccc(c3c54)-c3cc4c(cc32)sc2ccccc24)cc1. The molecule has 0 N–H and O–H groups in total. The van der Waals surface area contributed by atoms with Gasteiger partial charge in [0.25, 0.3) is 0 Å². The first kappa shape index (κ1) is 31.6. The van der Waals surface area contributed by atoms with Gasteiger partial charge in [-0.05, 0) is 93.0 Å². The van der Waals surface area contributed by atoms with Crippen LogP contribution in [0.4, 0.5) is 11.4 Å². The Morgan fingerprint density at radius 3 is 2.09 bits per heavy atom. The van der Waals surface area contributed by atoms with Gasteiger partial charge in [-0.25, -0.2) is 0 Å². The van der Waals surface area contributed by atoms with Crippen molar-refractivity contribution < 1.29 is 4.42 Å². The largest absolute Gasteiger partial charge is 0.456 e. The highest BCUT2D eigenvalue weighted by Gasteiger charge is 2.44. The van der Waals surface area contributed by atoms with Gasteiger partial charge in [-0.1, -0.05) is 114 Å². The summed E-state index contributed by atoms with van der Waals surface area (Å²) < 4.78 is 11.7. The molecule has 2 aliphatic rings. The van der Waals surface area contributed by atoms with Crippen molar-refractivity contribution in [1.82, 2.24) is 4.57 Å². The predicted octanol–water partition coefficient (Wildman–Crippen LogP) is 12.9. The fourth-order valence-corrected chi connectivity index (χ4v) is 10.9. The molecule has 2 aliphatic heterocycles. The van der Waals surface area contributed by atoms with Crippen molar-refractivity contribution in [2.45, 2.75) is 52.4 Å². The Morgan fingerprint density at radius 1 is 0.545 bits per heavy atom. The lowest BCUT2D eigenvalue weighted by atomic mass is 9.43. The standard InChI is InChI=1S/C50H39BN2OS/c1-49(2,3)28-15-18-30(19-16-28)53-40-27-44-36(31-11-8-10-14-43(31)55-44)26-35(40)32-20-21-34-45-39(23-24-42-46(45)33-12-7-9-13-41(33)54-42)52-38-22-17-29(50(4,5)6)25-37(38)51(53)47(32)48(34)52/h7-27H,1-6H3. The van der Waals surface area contributed by atoms with Gasteiger partial charge in [-0.15, -0.1) is 11.3 Å². The van der Waals surface area contributed by atoms with Crippen molar-refractivity contribution in [3.05, 3.63) is 139 Å². The number of benzene rings is 7. The third kappa shape index (κ3) is 4.17. The maximum atomic E-state index is 6.50. The van der Waals surface area contributed by atoms with Crippen LogP contribution in [-0.2, 0) is 10.8 Å². The highest BCUT2D eigenvalue weighted by atomic mass is 32.1. The molecular weight excluding hydrogens is 687 g/mol. The summed E-state index contributed by atoms with van der Waals surface area (Å²) in [6.07, 6.45) is 0. The molecule has 0 saturated heterocycles. The molecule has 5 heterocycles. The zero-order chi connectivity index (χ0) is 37.1. The lowest BCUT2D eigenvalue weighted by molar-refractivity contribution is 0.590. The van der Waals surface area contributed by atoms with E-state index in [1.54, 1.807) is 0 Å². The Balaban J connectivity index is 1.27. The van der Waals surface area contributed by atoms with E-state index < -0.39 is 0 Å². The monoisotopic (exact) mass is 726 g/mol. The second kappa shape index (κ2) is 10.5. The quantitative estimate of drug-likeness (QED) is 0.157. The lowest BCUT2D eigenvalue weighted by Gasteiger charge is -2.42. The van der Waals surface area contributed by atoms with Crippen molar-refractivity contribution in [3.63, 3.8) is 0 Å². The van der Waals surface area contributed by atoms with Gasteiger partial charge < -0.3 is 13.8 Å². The molecule has 0 spiro atoms. The van der Waals surface area contributed by atoms with E-state index in [4.69, 9.17) is 4.42 Å². The number of hydrogen-bond acceptors (Lipinski definition) is 3. The molecule has 3 nitrogen and oxygen atoms in total. The average Bonchev–Trinajstić information content (AvgIpc) is 3.85. The van der Waals surface area contributed by atoms with Crippen molar-refractivity contribution in [3.8, 4) is 16.8 Å². The molecule has 264 valence electrons. The van der Waals surface area contributed by atoms with Gasteiger partial charge in [-0.2, -0.15) is 0 Å². The summed E-state index contributed by atoms with van der Waals surface area (Å²) in [5.41, 5.74) is 16.1. The van der Waals surface area contributed by atoms with Crippen LogP contribution in [0.2, 0.25) is 0 Å². The highest BCUT2D eigenvalue weighted by molar-refractivity contribution is 7.25. The van der Waals surface area contributed by atoms with Gasteiger partial charge >= 0.3 is 6.85 Å². The third-order valence-corrected chi connectivity index (χ3v) is 13.6. The fraction of sp³-hybridized carbons (Fsp3) is 0.160. The summed E-state index contributed by atoms with van der Waals surface area (Å²) >= 11 is 1.90. The maximum absolute atomic E-state index is 6.50. The van der Waals surface area contributed by atoms with E-state index in [1.807, 2.05) is 11.3 Å². The molecule has 0 radical (unpaired) electrons.